The minimum absolute atomic E-state index is 0. The van der Waals surface area contributed by atoms with Crippen molar-refractivity contribution in [3.05, 3.63) is 159 Å². The molecule has 6 N–H and O–H groups in total. The topological polar surface area (TPSA) is 215 Å². The molecule has 0 saturated heterocycles. The largest absolute Gasteiger partial charge is 0.396 e. The lowest BCUT2D eigenvalue weighted by Gasteiger charge is -2.16. The van der Waals surface area contributed by atoms with Gasteiger partial charge in [0.05, 0.1) is 56.5 Å². The molecule has 8 rings (SSSR count). The van der Waals surface area contributed by atoms with Crippen molar-refractivity contribution in [3.63, 3.8) is 0 Å². The van der Waals surface area contributed by atoms with Crippen LogP contribution in [0.1, 0.15) is 78.1 Å². The number of nitrogen functional groups attached to an aromatic ring is 1. The second-order valence-electron chi connectivity index (χ2n) is 13.8. The molecule has 0 radical (unpaired) electrons. The minimum Gasteiger partial charge on any atom is -0.396 e. The van der Waals surface area contributed by atoms with Crippen molar-refractivity contribution in [3.8, 4) is 0 Å². The zero-order valence-corrected chi connectivity index (χ0v) is 33.1. The fraction of sp³-hybridized carbons (Fsp3) is 0.286. The molecule has 2 aliphatic rings. The lowest BCUT2D eigenvalue weighted by molar-refractivity contribution is -0.121. The fourth-order valence-corrected chi connectivity index (χ4v) is 7.16. The molecule has 2 aliphatic carbocycles. The third-order valence-electron chi connectivity index (χ3n) is 9.98. The smallest absolute Gasteiger partial charge is 0.228 e. The van der Waals surface area contributed by atoms with Gasteiger partial charge in [-0.15, -0.1) is 0 Å². The first kappa shape index (κ1) is 43.5. The number of carbonyl (C=O) groups excluding carboxylic acids is 2. The number of benzene rings is 2. The standard InChI is InChI=1S/C21H20ClN5O.C16H15Cl2N3O.C4H5N3.CH4/c22-17-12-26-19(9-14-10-24-13-25-11-14)27-18(17)6-5-15-3-1-2-4-16(15)21(7-8-21)20(23)28;17-12-9-20-15(18)21-13(12)6-5-10-3-1-2-4-11(10)16(7-8-16)14(19)22;5-4-1-6-3-7-2-4;/h1-4,10-13H,5-9H2,(H2,23,28);1-4,9H,5-8H2,(H2,19,22);1-3H,5H2;1H4. The molecule has 300 valence electrons. The average Bonchev–Trinajstić information content (AvgIpc) is 4.16. The van der Waals surface area contributed by atoms with Gasteiger partial charge in [0.1, 0.15) is 18.5 Å². The quantitative estimate of drug-likeness (QED) is 0.112. The van der Waals surface area contributed by atoms with Crippen LogP contribution in [0.3, 0.4) is 0 Å². The number of aryl methyl sites for hydroxylation is 4. The van der Waals surface area contributed by atoms with Crippen LogP contribution >= 0.6 is 34.8 Å². The van der Waals surface area contributed by atoms with Gasteiger partial charge < -0.3 is 17.2 Å². The highest BCUT2D eigenvalue weighted by molar-refractivity contribution is 6.32. The number of nitrogens with zero attached hydrogens (tertiary/aromatic N) is 8. The molecule has 58 heavy (non-hydrogen) atoms. The lowest BCUT2D eigenvalue weighted by Crippen LogP contribution is -2.29. The Balaban J connectivity index is 0.000000190. The van der Waals surface area contributed by atoms with Gasteiger partial charge in [-0.1, -0.05) is 79.2 Å². The van der Waals surface area contributed by atoms with E-state index in [0.29, 0.717) is 46.5 Å². The average molecular weight is 841 g/mol. The molecule has 4 aromatic heterocycles. The van der Waals surface area contributed by atoms with Crippen molar-refractivity contribution in [2.75, 3.05) is 5.73 Å². The van der Waals surface area contributed by atoms with Gasteiger partial charge in [0.2, 0.25) is 17.1 Å². The summed E-state index contributed by atoms with van der Waals surface area (Å²) in [6, 6.07) is 15.9. The van der Waals surface area contributed by atoms with Gasteiger partial charge in [0, 0.05) is 25.0 Å². The molecule has 0 bridgehead atoms. The third kappa shape index (κ3) is 10.9. The number of anilines is 1. The molecule has 2 fully saturated rings. The van der Waals surface area contributed by atoms with Gasteiger partial charge in [0.15, 0.2) is 0 Å². The van der Waals surface area contributed by atoms with Crippen LogP contribution in [0.5, 0.6) is 0 Å². The number of primary amides is 2. The number of hydrogen-bond donors (Lipinski definition) is 3. The number of amides is 2. The number of aromatic nitrogens is 8. The first-order chi connectivity index (χ1) is 27.5. The Morgan fingerprint density at radius 2 is 1.05 bits per heavy atom. The number of carbonyl (C=O) groups is 2. The van der Waals surface area contributed by atoms with E-state index in [1.54, 1.807) is 31.0 Å². The first-order valence-corrected chi connectivity index (χ1v) is 19.3. The Morgan fingerprint density at radius 3 is 1.50 bits per heavy atom. The molecule has 2 aromatic carbocycles. The maximum Gasteiger partial charge on any atom is 0.228 e. The maximum atomic E-state index is 12.0. The Labute approximate surface area is 352 Å². The Kier molecular flexibility index (Phi) is 14.8. The van der Waals surface area contributed by atoms with Crippen LogP contribution in [0.15, 0.2) is 98.4 Å². The van der Waals surface area contributed by atoms with E-state index in [1.165, 1.54) is 18.9 Å². The normalized spacial score (nSPS) is 14.0. The van der Waals surface area contributed by atoms with Crippen LogP contribution in [0.4, 0.5) is 5.69 Å². The second kappa shape index (κ2) is 19.7. The van der Waals surface area contributed by atoms with Crippen molar-refractivity contribution < 1.29 is 9.59 Å². The summed E-state index contributed by atoms with van der Waals surface area (Å²) in [7, 11) is 0. The van der Waals surface area contributed by atoms with E-state index < -0.39 is 10.8 Å². The third-order valence-corrected chi connectivity index (χ3v) is 10.8. The van der Waals surface area contributed by atoms with Crippen LogP contribution in [-0.2, 0) is 52.5 Å². The van der Waals surface area contributed by atoms with Gasteiger partial charge in [-0.3, -0.25) is 9.59 Å². The highest BCUT2D eigenvalue weighted by atomic mass is 35.5. The molecule has 16 heteroatoms. The molecule has 2 amide bonds. The predicted octanol–water partition coefficient (Wildman–Crippen LogP) is 6.59. The van der Waals surface area contributed by atoms with E-state index in [2.05, 4.69) is 45.9 Å². The van der Waals surface area contributed by atoms with E-state index in [1.807, 2.05) is 42.5 Å². The summed E-state index contributed by atoms with van der Waals surface area (Å²) >= 11 is 18.2. The van der Waals surface area contributed by atoms with Crippen LogP contribution < -0.4 is 17.2 Å². The van der Waals surface area contributed by atoms with E-state index >= 15 is 0 Å². The number of nitrogens with two attached hydrogens (primary N) is 3. The van der Waals surface area contributed by atoms with E-state index in [-0.39, 0.29) is 24.5 Å². The summed E-state index contributed by atoms with van der Waals surface area (Å²) < 4.78 is 0. The van der Waals surface area contributed by atoms with E-state index in [4.69, 9.17) is 52.0 Å². The van der Waals surface area contributed by atoms with Crippen molar-refractivity contribution in [1.82, 2.24) is 39.9 Å². The van der Waals surface area contributed by atoms with Crippen LogP contribution in [0, 0.1) is 0 Å². The van der Waals surface area contributed by atoms with E-state index in [0.717, 1.165) is 72.0 Å². The predicted molar refractivity (Wildman–Crippen MR) is 225 cm³/mol. The molecular weight excluding hydrogens is 797 g/mol. The van der Waals surface area contributed by atoms with E-state index in [9.17, 15) is 9.59 Å². The summed E-state index contributed by atoms with van der Waals surface area (Å²) in [5.41, 5.74) is 22.8. The number of rotatable bonds is 12. The summed E-state index contributed by atoms with van der Waals surface area (Å²) in [6.45, 7) is 0. The highest BCUT2D eigenvalue weighted by Gasteiger charge is 2.51. The lowest BCUT2D eigenvalue weighted by atomic mass is 9.88. The SMILES string of the molecule is C.NC(=O)C1(c2ccccc2CCc2nc(Cc3cncnc3)ncc2Cl)CC1.NC(=O)C1(c2ccccc2CCc2nc(Cl)ncc2Cl)CC1.Nc1cncnc1. The molecule has 2 saturated carbocycles. The molecular formula is C42H44Cl3N11O2. The summed E-state index contributed by atoms with van der Waals surface area (Å²) in [5.74, 6) is 0.189. The molecule has 4 heterocycles. The van der Waals surface area contributed by atoms with Gasteiger partial charge in [-0.2, -0.15) is 0 Å². The molecule has 0 spiro atoms. The van der Waals surface area contributed by atoms with Crippen LogP contribution in [-0.4, -0.2) is 51.7 Å². The summed E-state index contributed by atoms with van der Waals surface area (Å²) in [6.07, 6.45) is 19.2. The highest BCUT2D eigenvalue weighted by Crippen LogP contribution is 2.50. The van der Waals surface area contributed by atoms with Gasteiger partial charge in [-0.25, -0.2) is 39.9 Å². The zero-order valence-electron chi connectivity index (χ0n) is 30.9. The van der Waals surface area contributed by atoms with Gasteiger partial charge in [0.25, 0.3) is 0 Å². The monoisotopic (exact) mass is 839 g/mol. The second-order valence-corrected chi connectivity index (χ2v) is 15.0. The molecule has 0 atom stereocenters. The van der Waals surface area contributed by atoms with Crippen molar-refractivity contribution in [1.29, 1.82) is 0 Å². The number of halogens is 3. The minimum atomic E-state index is -0.496. The first-order valence-electron chi connectivity index (χ1n) is 18.2. The molecule has 0 unspecified atom stereocenters. The maximum absolute atomic E-state index is 12.0. The number of hydrogen-bond acceptors (Lipinski definition) is 11. The van der Waals surface area contributed by atoms with Gasteiger partial charge >= 0.3 is 0 Å². The van der Waals surface area contributed by atoms with Crippen molar-refractivity contribution in [2.24, 2.45) is 11.5 Å². The Hall–Kier alpha value is -5.63. The van der Waals surface area contributed by atoms with Crippen LogP contribution in [0.2, 0.25) is 15.3 Å². The molecule has 0 aliphatic heterocycles. The molecule has 6 aromatic rings. The van der Waals surface area contributed by atoms with Gasteiger partial charge in [-0.05, 0) is 90.8 Å². The summed E-state index contributed by atoms with van der Waals surface area (Å²) in [4.78, 5) is 56.0. The van der Waals surface area contributed by atoms with Crippen molar-refractivity contribution in [2.45, 2.75) is 76.0 Å². The molecule has 13 nitrogen and oxygen atoms in total. The van der Waals surface area contributed by atoms with Crippen molar-refractivity contribution >= 4 is 52.3 Å². The van der Waals surface area contributed by atoms with Crippen LogP contribution in [0.25, 0.3) is 0 Å². The fourth-order valence-electron chi connectivity index (χ4n) is 6.64. The Bertz CT molecular complexity index is 2330. The summed E-state index contributed by atoms with van der Waals surface area (Å²) in [5, 5.41) is 1.22. The Morgan fingerprint density at radius 1 is 0.603 bits per heavy atom. The zero-order chi connectivity index (χ0) is 40.4.